The van der Waals surface area contributed by atoms with Gasteiger partial charge in [-0.1, -0.05) is 12.1 Å². The van der Waals surface area contributed by atoms with E-state index >= 15 is 0 Å². The van der Waals surface area contributed by atoms with Crippen molar-refractivity contribution < 1.29 is 14.3 Å². The molecule has 1 aliphatic heterocycles. The summed E-state index contributed by atoms with van der Waals surface area (Å²) in [5.74, 6) is -0.343. The number of hydrogen-bond acceptors (Lipinski definition) is 4. The van der Waals surface area contributed by atoms with Crippen LogP contribution in [0.1, 0.15) is 35.7 Å². The minimum absolute atomic E-state index is 0. The van der Waals surface area contributed by atoms with Gasteiger partial charge in [0, 0.05) is 25.3 Å². The van der Waals surface area contributed by atoms with Gasteiger partial charge in [-0.3, -0.25) is 9.59 Å². The van der Waals surface area contributed by atoms with E-state index in [4.69, 9.17) is 10.5 Å². The van der Waals surface area contributed by atoms with Crippen molar-refractivity contribution in [3.05, 3.63) is 35.4 Å². The molecule has 128 valence electrons. The smallest absolute Gasteiger partial charge is 0.251 e. The van der Waals surface area contributed by atoms with Crippen LogP contribution in [0.25, 0.3) is 0 Å². The predicted molar refractivity (Wildman–Crippen MR) is 90.5 cm³/mol. The quantitative estimate of drug-likeness (QED) is 0.719. The first-order valence-corrected chi connectivity index (χ1v) is 7.58. The Morgan fingerprint density at radius 1 is 1.39 bits per heavy atom. The standard InChI is InChI=1S/C16H23N3O3.ClH/c1-11(17)15(20)18-9-12-4-2-5-13(8-12)16(21)19-10-14-6-3-7-22-14;/h2,4-5,8,11,14H,3,6-7,9-10,17H2,1H3,(H,18,20)(H,19,21);1H/t11-,14?;/m0./s1. The maximum absolute atomic E-state index is 12.1. The Morgan fingerprint density at radius 3 is 2.83 bits per heavy atom. The molecule has 0 radical (unpaired) electrons. The number of nitrogens with one attached hydrogen (secondary N) is 2. The minimum atomic E-state index is -0.544. The van der Waals surface area contributed by atoms with E-state index in [2.05, 4.69) is 10.6 Å². The first-order valence-electron chi connectivity index (χ1n) is 7.58. The highest BCUT2D eigenvalue weighted by Crippen LogP contribution is 2.11. The van der Waals surface area contributed by atoms with Crippen molar-refractivity contribution in [2.75, 3.05) is 13.2 Å². The van der Waals surface area contributed by atoms with Crippen molar-refractivity contribution in [2.24, 2.45) is 5.73 Å². The van der Waals surface area contributed by atoms with Crippen LogP contribution in [0, 0.1) is 0 Å². The first kappa shape index (κ1) is 19.4. The zero-order valence-corrected chi connectivity index (χ0v) is 14.0. The molecule has 0 aromatic heterocycles. The molecule has 1 aliphatic rings. The van der Waals surface area contributed by atoms with Gasteiger partial charge in [0.05, 0.1) is 12.1 Å². The number of benzene rings is 1. The fraction of sp³-hybridized carbons (Fsp3) is 0.500. The van der Waals surface area contributed by atoms with Crippen LogP contribution in [-0.2, 0) is 16.1 Å². The molecule has 0 spiro atoms. The van der Waals surface area contributed by atoms with E-state index in [-0.39, 0.29) is 30.3 Å². The number of amides is 2. The molecule has 0 saturated carbocycles. The Labute approximate surface area is 142 Å². The van der Waals surface area contributed by atoms with Gasteiger partial charge < -0.3 is 21.1 Å². The van der Waals surface area contributed by atoms with Gasteiger partial charge in [0.25, 0.3) is 5.91 Å². The van der Waals surface area contributed by atoms with Gasteiger partial charge in [-0.15, -0.1) is 12.4 Å². The lowest BCUT2D eigenvalue weighted by Gasteiger charge is -2.12. The third kappa shape index (κ3) is 6.17. The summed E-state index contributed by atoms with van der Waals surface area (Å²) >= 11 is 0. The van der Waals surface area contributed by atoms with Gasteiger partial charge in [0.1, 0.15) is 0 Å². The van der Waals surface area contributed by atoms with Crippen LogP contribution in [0.3, 0.4) is 0 Å². The van der Waals surface area contributed by atoms with Gasteiger partial charge in [-0.2, -0.15) is 0 Å². The third-order valence-electron chi connectivity index (χ3n) is 3.58. The summed E-state index contributed by atoms with van der Waals surface area (Å²) in [7, 11) is 0. The monoisotopic (exact) mass is 341 g/mol. The first-order chi connectivity index (χ1) is 10.6. The molecule has 1 unspecified atom stereocenters. The summed E-state index contributed by atoms with van der Waals surface area (Å²) in [5, 5.41) is 5.61. The van der Waals surface area contributed by atoms with Crippen LogP contribution >= 0.6 is 12.4 Å². The second-order valence-electron chi connectivity index (χ2n) is 5.55. The molecule has 6 nitrogen and oxygen atoms in total. The molecule has 2 amide bonds. The topological polar surface area (TPSA) is 93.5 Å². The van der Waals surface area contributed by atoms with Crippen molar-refractivity contribution in [1.29, 1.82) is 0 Å². The molecule has 7 heteroatoms. The molecule has 1 aromatic rings. The highest BCUT2D eigenvalue weighted by atomic mass is 35.5. The van der Waals surface area contributed by atoms with Crippen molar-refractivity contribution in [3.8, 4) is 0 Å². The van der Waals surface area contributed by atoms with Gasteiger partial charge in [0.15, 0.2) is 0 Å². The van der Waals surface area contributed by atoms with Crippen LogP contribution in [0.4, 0.5) is 0 Å². The molecule has 2 atom stereocenters. The highest BCUT2D eigenvalue weighted by molar-refractivity contribution is 5.94. The maximum Gasteiger partial charge on any atom is 0.251 e. The Bertz CT molecular complexity index is 531. The average molecular weight is 342 g/mol. The number of ether oxygens (including phenoxy) is 1. The van der Waals surface area contributed by atoms with Gasteiger partial charge in [-0.05, 0) is 37.5 Å². The molecule has 0 aliphatic carbocycles. The van der Waals surface area contributed by atoms with Crippen molar-refractivity contribution >= 4 is 24.2 Å². The van der Waals surface area contributed by atoms with E-state index in [0.29, 0.717) is 18.7 Å². The number of carbonyl (C=O) groups excluding carboxylic acids is 2. The lowest BCUT2D eigenvalue weighted by atomic mass is 10.1. The SMILES string of the molecule is C[C@H](N)C(=O)NCc1cccc(C(=O)NCC2CCCO2)c1.Cl. The van der Waals surface area contributed by atoms with Crippen LogP contribution in [0.2, 0.25) is 0 Å². The number of hydrogen-bond donors (Lipinski definition) is 3. The summed E-state index contributed by atoms with van der Waals surface area (Å²) in [4.78, 5) is 23.6. The Kier molecular flexibility index (Phi) is 8.02. The van der Waals surface area contributed by atoms with E-state index < -0.39 is 6.04 Å². The lowest BCUT2D eigenvalue weighted by molar-refractivity contribution is -0.122. The van der Waals surface area contributed by atoms with Crippen molar-refractivity contribution in [1.82, 2.24) is 10.6 Å². The molecule has 1 saturated heterocycles. The minimum Gasteiger partial charge on any atom is -0.376 e. The van der Waals surface area contributed by atoms with E-state index in [9.17, 15) is 9.59 Å². The maximum atomic E-state index is 12.1. The zero-order chi connectivity index (χ0) is 15.9. The van der Waals surface area contributed by atoms with Crippen LogP contribution in [-0.4, -0.2) is 37.1 Å². The second kappa shape index (κ2) is 9.50. The number of rotatable bonds is 6. The van der Waals surface area contributed by atoms with E-state index in [1.54, 1.807) is 25.1 Å². The fourth-order valence-corrected chi connectivity index (χ4v) is 2.29. The average Bonchev–Trinajstić information content (AvgIpc) is 3.03. The van der Waals surface area contributed by atoms with E-state index in [1.165, 1.54) is 0 Å². The lowest BCUT2D eigenvalue weighted by Crippen LogP contribution is -2.37. The molecule has 1 fully saturated rings. The second-order valence-corrected chi connectivity index (χ2v) is 5.55. The van der Waals surface area contributed by atoms with Crippen LogP contribution < -0.4 is 16.4 Å². The largest absolute Gasteiger partial charge is 0.376 e. The van der Waals surface area contributed by atoms with Crippen LogP contribution in [0.5, 0.6) is 0 Å². The summed E-state index contributed by atoms with van der Waals surface area (Å²) in [6, 6.07) is 6.64. The third-order valence-corrected chi connectivity index (χ3v) is 3.58. The van der Waals surface area contributed by atoms with Crippen LogP contribution in [0.15, 0.2) is 24.3 Å². The molecular formula is C16H24ClN3O3. The molecule has 4 N–H and O–H groups in total. The van der Waals surface area contributed by atoms with E-state index in [0.717, 1.165) is 25.0 Å². The molecule has 23 heavy (non-hydrogen) atoms. The Morgan fingerprint density at radius 2 is 2.17 bits per heavy atom. The number of carbonyl (C=O) groups is 2. The summed E-state index contributed by atoms with van der Waals surface area (Å²) < 4.78 is 5.48. The summed E-state index contributed by atoms with van der Waals surface area (Å²) in [6.07, 6.45) is 2.16. The molecule has 1 aromatic carbocycles. The normalized spacial score (nSPS) is 17.9. The Balaban J connectivity index is 0.00000264. The number of halogens is 1. The van der Waals surface area contributed by atoms with Gasteiger partial charge in [0.2, 0.25) is 5.91 Å². The van der Waals surface area contributed by atoms with Gasteiger partial charge in [-0.25, -0.2) is 0 Å². The number of nitrogens with two attached hydrogens (primary N) is 1. The predicted octanol–water partition coefficient (Wildman–Crippen LogP) is 0.981. The fourth-order valence-electron chi connectivity index (χ4n) is 2.29. The Hall–Kier alpha value is -1.63. The van der Waals surface area contributed by atoms with E-state index in [1.807, 2.05) is 6.07 Å². The summed E-state index contributed by atoms with van der Waals surface area (Å²) in [5.41, 5.74) is 6.92. The summed E-state index contributed by atoms with van der Waals surface area (Å²) in [6.45, 7) is 3.29. The molecule has 2 rings (SSSR count). The molecule has 1 heterocycles. The van der Waals surface area contributed by atoms with Crippen molar-refractivity contribution in [3.63, 3.8) is 0 Å². The molecular weight excluding hydrogens is 318 g/mol. The van der Waals surface area contributed by atoms with Crippen molar-refractivity contribution in [2.45, 2.75) is 38.5 Å². The molecule has 0 bridgehead atoms. The van der Waals surface area contributed by atoms with Gasteiger partial charge >= 0.3 is 0 Å². The highest BCUT2D eigenvalue weighted by Gasteiger charge is 2.16. The zero-order valence-electron chi connectivity index (χ0n) is 13.2.